The highest BCUT2D eigenvalue weighted by atomic mass is 32.2. The van der Waals surface area contributed by atoms with E-state index in [1.807, 2.05) is 0 Å². The summed E-state index contributed by atoms with van der Waals surface area (Å²) in [5.41, 5.74) is -0.485. The number of aromatic nitrogens is 2. The number of carbonyl (C=O) groups is 1. The minimum Gasteiger partial charge on any atom is -0.454 e. The van der Waals surface area contributed by atoms with E-state index in [1.54, 1.807) is 35.7 Å². The van der Waals surface area contributed by atoms with E-state index in [9.17, 15) is 18.0 Å². The Morgan fingerprint density at radius 1 is 1.14 bits per heavy atom. The van der Waals surface area contributed by atoms with Gasteiger partial charge in [-0.3, -0.25) is 4.79 Å². The molecule has 0 radical (unpaired) electrons. The van der Waals surface area contributed by atoms with Crippen LogP contribution in [0.25, 0.3) is 10.6 Å². The molecule has 0 bridgehead atoms. The highest BCUT2D eigenvalue weighted by Gasteiger charge is 2.34. The van der Waals surface area contributed by atoms with Crippen LogP contribution >= 0.6 is 23.1 Å². The maximum atomic E-state index is 13.2. The largest absolute Gasteiger partial charge is 0.454 e. The number of benzene rings is 1. The molecule has 4 rings (SSSR count). The molecular weight excluding hydrogens is 413 g/mol. The van der Waals surface area contributed by atoms with Crippen molar-refractivity contribution in [1.29, 1.82) is 0 Å². The SMILES string of the molecule is O=C(CSc1nc(-c2cccs2)cc(C(F)(F)F)n1)c1ccc2c(c1)OCO2. The van der Waals surface area contributed by atoms with Crippen LogP contribution in [0.2, 0.25) is 0 Å². The molecule has 1 aliphatic heterocycles. The fourth-order valence-corrected chi connectivity index (χ4v) is 3.91. The molecule has 0 saturated heterocycles. The number of ether oxygens (including phenoxy) is 2. The first-order valence-electron chi connectivity index (χ1n) is 7.96. The summed E-state index contributed by atoms with van der Waals surface area (Å²) in [6, 6.07) is 9.08. The molecule has 0 fully saturated rings. The Morgan fingerprint density at radius 3 is 2.71 bits per heavy atom. The number of rotatable bonds is 5. The van der Waals surface area contributed by atoms with Crippen LogP contribution in [0.3, 0.4) is 0 Å². The van der Waals surface area contributed by atoms with Gasteiger partial charge in [-0.2, -0.15) is 13.2 Å². The Morgan fingerprint density at radius 2 is 1.96 bits per heavy atom. The maximum Gasteiger partial charge on any atom is 0.433 e. The molecule has 0 atom stereocenters. The number of thioether (sulfide) groups is 1. The van der Waals surface area contributed by atoms with Crippen molar-refractivity contribution < 1.29 is 27.4 Å². The molecule has 3 heterocycles. The van der Waals surface area contributed by atoms with E-state index >= 15 is 0 Å². The fraction of sp³-hybridized carbons (Fsp3) is 0.167. The van der Waals surface area contributed by atoms with Crippen LogP contribution in [0.4, 0.5) is 13.2 Å². The number of hydrogen-bond donors (Lipinski definition) is 0. The zero-order valence-corrected chi connectivity index (χ0v) is 15.7. The summed E-state index contributed by atoms with van der Waals surface area (Å²) in [5, 5.41) is 1.65. The van der Waals surface area contributed by atoms with E-state index in [2.05, 4.69) is 9.97 Å². The van der Waals surface area contributed by atoms with Crippen LogP contribution in [-0.2, 0) is 6.18 Å². The number of thiophene rings is 1. The second-order valence-corrected chi connectivity index (χ2v) is 7.57. The zero-order valence-electron chi connectivity index (χ0n) is 14.0. The number of halogens is 3. The molecule has 0 spiro atoms. The van der Waals surface area contributed by atoms with Crippen molar-refractivity contribution in [2.75, 3.05) is 12.5 Å². The molecule has 5 nitrogen and oxygen atoms in total. The second-order valence-electron chi connectivity index (χ2n) is 5.68. The number of carbonyl (C=O) groups excluding carboxylic acids is 1. The van der Waals surface area contributed by atoms with Gasteiger partial charge in [0.25, 0.3) is 0 Å². The average molecular weight is 424 g/mol. The molecule has 1 aromatic carbocycles. The van der Waals surface area contributed by atoms with Gasteiger partial charge in [-0.15, -0.1) is 11.3 Å². The Labute approximate surface area is 165 Å². The van der Waals surface area contributed by atoms with Crippen LogP contribution in [-0.4, -0.2) is 28.3 Å². The molecule has 0 saturated carbocycles. The monoisotopic (exact) mass is 424 g/mol. The molecule has 2 aromatic heterocycles. The third-order valence-corrected chi connectivity index (χ3v) is 5.54. The lowest BCUT2D eigenvalue weighted by Gasteiger charge is -2.09. The number of Topliss-reactive ketones (excluding diaryl/α,β-unsaturated/α-hetero) is 1. The number of fused-ring (bicyclic) bond motifs is 1. The van der Waals surface area contributed by atoms with Gasteiger partial charge >= 0.3 is 6.18 Å². The quantitative estimate of drug-likeness (QED) is 0.329. The molecule has 144 valence electrons. The van der Waals surface area contributed by atoms with Crippen LogP contribution in [0, 0.1) is 0 Å². The topological polar surface area (TPSA) is 61.3 Å². The summed E-state index contributed by atoms with van der Waals surface area (Å²) >= 11 is 2.14. The van der Waals surface area contributed by atoms with Crippen molar-refractivity contribution in [1.82, 2.24) is 9.97 Å². The highest BCUT2D eigenvalue weighted by molar-refractivity contribution is 7.99. The number of alkyl halides is 3. The van der Waals surface area contributed by atoms with Crippen molar-refractivity contribution in [3.63, 3.8) is 0 Å². The van der Waals surface area contributed by atoms with Crippen molar-refractivity contribution in [2.24, 2.45) is 0 Å². The minimum atomic E-state index is -4.61. The molecular formula is C18H11F3N2O3S2. The van der Waals surface area contributed by atoms with Crippen LogP contribution in [0.1, 0.15) is 16.1 Å². The first kappa shape index (κ1) is 18.8. The van der Waals surface area contributed by atoms with Gasteiger partial charge in [-0.1, -0.05) is 17.8 Å². The summed E-state index contributed by atoms with van der Waals surface area (Å²) in [4.78, 5) is 20.8. The number of hydrogen-bond acceptors (Lipinski definition) is 7. The lowest BCUT2D eigenvalue weighted by Crippen LogP contribution is -2.10. The predicted octanol–water partition coefficient (Wildman–Crippen LogP) is 4.93. The van der Waals surface area contributed by atoms with Crippen molar-refractivity contribution in [3.8, 4) is 22.1 Å². The Balaban J connectivity index is 1.55. The van der Waals surface area contributed by atoms with Gasteiger partial charge in [0.15, 0.2) is 22.4 Å². The highest BCUT2D eigenvalue weighted by Crippen LogP contribution is 2.34. The first-order valence-corrected chi connectivity index (χ1v) is 9.82. The molecule has 1 aliphatic rings. The standard InChI is InChI=1S/C18H11F3N2O3S2/c19-18(20,21)16-7-11(15-2-1-5-27-15)22-17(23-16)28-8-12(24)10-3-4-13-14(6-10)26-9-25-13/h1-7H,8-9H2. The fourth-order valence-electron chi connectivity index (χ4n) is 2.47. The zero-order chi connectivity index (χ0) is 19.7. The van der Waals surface area contributed by atoms with Crippen LogP contribution in [0.5, 0.6) is 11.5 Å². The van der Waals surface area contributed by atoms with E-state index in [0.29, 0.717) is 21.9 Å². The minimum absolute atomic E-state index is 0.0886. The summed E-state index contributed by atoms with van der Waals surface area (Å²) in [6.07, 6.45) is -4.61. The van der Waals surface area contributed by atoms with E-state index < -0.39 is 11.9 Å². The van der Waals surface area contributed by atoms with Gasteiger partial charge in [-0.25, -0.2) is 9.97 Å². The maximum absolute atomic E-state index is 13.2. The Hall–Kier alpha value is -2.59. The molecule has 3 aromatic rings. The third-order valence-electron chi connectivity index (χ3n) is 3.80. The van der Waals surface area contributed by atoms with Crippen molar-refractivity contribution in [3.05, 3.63) is 53.0 Å². The van der Waals surface area contributed by atoms with Gasteiger partial charge in [-0.05, 0) is 35.7 Å². The van der Waals surface area contributed by atoms with E-state index in [1.165, 1.54) is 11.3 Å². The number of nitrogens with zero attached hydrogens (tertiary/aromatic N) is 2. The molecule has 0 aliphatic carbocycles. The molecule has 10 heteroatoms. The van der Waals surface area contributed by atoms with E-state index in [-0.39, 0.29) is 29.2 Å². The van der Waals surface area contributed by atoms with Gasteiger partial charge in [0.05, 0.1) is 16.3 Å². The third kappa shape index (κ3) is 3.97. The molecule has 0 unspecified atom stereocenters. The van der Waals surface area contributed by atoms with E-state index in [4.69, 9.17) is 9.47 Å². The first-order chi connectivity index (χ1) is 13.4. The Kier molecular flexibility index (Phi) is 4.98. The van der Waals surface area contributed by atoms with Crippen LogP contribution in [0.15, 0.2) is 46.9 Å². The lowest BCUT2D eigenvalue weighted by atomic mass is 10.1. The van der Waals surface area contributed by atoms with Gasteiger partial charge in [0.2, 0.25) is 6.79 Å². The average Bonchev–Trinajstić information content (AvgIpc) is 3.36. The predicted molar refractivity (Wildman–Crippen MR) is 98.0 cm³/mol. The molecule has 0 amide bonds. The summed E-state index contributed by atoms with van der Waals surface area (Å²) < 4.78 is 50.0. The normalized spacial score (nSPS) is 13.0. The Bertz CT molecular complexity index is 1020. The summed E-state index contributed by atoms with van der Waals surface area (Å²) in [6.45, 7) is 0.0886. The second kappa shape index (κ2) is 7.44. The van der Waals surface area contributed by atoms with Gasteiger partial charge in [0, 0.05) is 5.56 Å². The van der Waals surface area contributed by atoms with Crippen molar-refractivity contribution >= 4 is 28.9 Å². The summed E-state index contributed by atoms with van der Waals surface area (Å²) in [5.74, 6) is 0.629. The van der Waals surface area contributed by atoms with Crippen LogP contribution < -0.4 is 9.47 Å². The number of ketones is 1. The van der Waals surface area contributed by atoms with Gasteiger partial charge in [0.1, 0.15) is 5.69 Å². The summed E-state index contributed by atoms with van der Waals surface area (Å²) in [7, 11) is 0. The molecule has 28 heavy (non-hydrogen) atoms. The van der Waals surface area contributed by atoms with Gasteiger partial charge < -0.3 is 9.47 Å². The van der Waals surface area contributed by atoms with E-state index in [0.717, 1.165) is 17.8 Å². The molecule has 0 N–H and O–H groups in total. The lowest BCUT2D eigenvalue weighted by molar-refractivity contribution is -0.141. The van der Waals surface area contributed by atoms with Crippen molar-refractivity contribution in [2.45, 2.75) is 11.3 Å². The smallest absolute Gasteiger partial charge is 0.433 e.